The minimum Gasteiger partial charge on any atom is -0.481 e. The zero-order valence-corrected chi connectivity index (χ0v) is 12.4. The van der Waals surface area contributed by atoms with Crippen LogP contribution >= 0.6 is 11.8 Å². The molecule has 2 amide bonds. The molecule has 0 aromatic heterocycles. The number of thioether (sulfide) groups is 1. The fraction of sp³-hybridized carbons (Fsp3) is 0.833. The fourth-order valence-corrected chi connectivity index (χ4v) is 1.73. The largest absolute Gasteiger partial charge is 0.481 e. The van der Waals surface area contributed by atoms with Crippen LogP contribution in [-0.2, 0) is 4.79 Å². The predicted octanol–water partition coefficient (Wildman–Crippen LogP) is 1.88. The zero-order chi connectivity index (χ0) is 14.1. The first kappa shape index (κ1) is 17.1. The van der Waals surface area contributed by atoms with Crippen LogP contribution < -0.4 is 5.32 Å². The molecular formula is C12H24N2O3S. The monoisotopic (exact) mass is 276 g/mol. The molecule has 0 aliphatic heterocycles. The van der Waals surface area contributed by atoms with Crippen LogP contribution in [0.25, 0.3) is 0 Å². The van der Waals surface area contributed by atoms with E-state index in [0.29, 0.717) is 18.3 Å². The summed E-state index contributed by atoms with van der Waals surface area (Å²) in [6.07, 6.45) is 2.96. The number of carboxylic acid groups (broad SMARTS) is 1. The molecule has 106 valence electrons. The molecule has 0 spiro atoms. The number of hydrogen-bond acceptors (Lipinski definition) is 3. The maximum Gasteiger partial charge on any atom is 0.317 e. The Hall–Kier alpha value is -0.910. The van der Waals surface area contributed by atoms with Crippen LogP contribution in [0.2, 0.25) is 0 Å². The molecule has 2 unspecified atom stereocenters. The molecule has 6 heteroatoms. The lowest BCUT2D eigenvalue weighted by molar-refractivity contribution is -0.141. The molecule has 0 bridgehead atoms. The molecule has 0 aliphatic rings. The summed E-state index contributed by atoms with van der Waals surface area (Å²) in [5, 5.41) is 12.2. The van der Waals surface area contributed by atoms with E-state index in [2.05, 4.69) is 12.2 Å². The van der Waals surface area contributed by atoms with E-state index in [0.717, 1.165) is 6.42 Å². The molecule has 0 radical (unpaired) electrons. The summed E-state index contributed by atoms with van der Waals surface area (Å²) < 4.78 is 0. The Morgan fingerprint density at radius 2 is 2.00 bits per heavy atom. The zero-order valence-electron chi connectivity index (χ0n) is 11.6. The van der Waals surface area contributed by atoms with E-state index in [9.17, 15) is 9.59 Å². The summed E-state index contributed by atoms with van der Waals surface area (Å²) in [6.45, 7) is 6.95. The normalized spacial score (nSPS) is 13.8. The van der Waals surface area contributed by atoms with Gasteiger partial charge in [0.15, 0.2) is 0 Å². The van der Waals surface area contributed by atoms with Crippen molar-refractivity contribution >= 4 is 23.8 Å². The van der Waals surface area contributed by atoms with Gasteiger partial charge in [-0.1, -0.05) is 13.8 Å². The average molecular weight is 276 g/mol. The van der Waals surface area contributed by atoms with Gasteiger partial charge < -0.3 is 15.3 Å². The third-order valence-electron chi connectivity index (χ3n) is 2.81. The molecule has 0 aromatic carbocycles. The number of carboxylic acids is 1. The molecule has 0 rings (SSSR count). The lowest BCUT2D eigenvalue weighted by atomic mass is 10.2. The highest BCUT2D eigenvalue weighted by molar-refractivity contribution is 7.99. The first-order valence-corrected chi connectivity index (χ1v) is 7.49. The Balaban J connectivity index is 4.07. The van der Waals surface area contributed by atoms with Crippen molar-refractivity contribution in [1.29, 1.82) is 0 Å². The second kappa shape index (κ2) is 9.08. The van der Waals surface area contributed by atoms with Gasteiger partial charge in [0.05, 0.1) is 5.92 Å². The van der Waals surface area contributed by atoms with E-state index < -0.39 is 11.9 Å². The maximum absolute atomic E-state index is 11.8. The highest BCUT2D eigenvalue weighted by Crippen LogP contribution is 2.08. The summed E-state index contributed by atoms with van der Waals surface area (Å²) in [4.78, 5) is 24.1. The highest BCUT2D eigenvalue weighted by atomic mass is 32.2. The van der Waals surface area contributed by atoms with Crippen LogP contribution in [0.4, 0.5) is 4.79 Å². The van der Waals surface area contributed by atoms with E-state index in [4.69, 9.17) is 5.11 Å². The van der Waals surface area contributed by atoms with Gasteiger partial charge >= 0.3 is 12.0 Å². The van der Waals surface area contributed by atoms with Crippen molar-refractivity contribution in [3.05, 3.63) is 0 Å². The first-order valence-electron chi connectivity index (χ1n) is 6.20. The van der Waals surface area contributed by atoms with Crippen LogP contribution in [0.15, 0.2) is 0 Å². The highest BCUT2D eigenvalue weighted by Gasteiger charge is 2.18. The summed E-state index contributed by atoms with van der Waals surface area (Å²) >= 11 is 1.76. The number of carbonyl (C=O) groups is 2. The molecule has 0 aromatic rings. The maximum atomic E-state index is 11.8. The Bertz CT molecular complexity index is 274. The van der Waals surface area contributed by atoms with E-state index in [-0.39, 0.29) is 12.6 Å². The quantitative estimate of drug-likeness (QED) is 0.710. The van der Waals surface area contributed by atoms with Gasteiger partial charge in [0.2, 0.25) is 0 Å². The van der Waals surface area contributed by atoms with E-state index in [1.165, 1.54) is 4.90 Å². The van der Waals surface area contributed by atoms with Gasteiger partial charge in [0.25, 0.3) is 0 Å². The third kappa shape index (κ3) is 6.74. The lowest BCUT2D eigenvalue weighted by Crippen LogP contribution is -2.43. The Morgan fingerprint density at radius 3 is 2.44 bits per heavy atom. The standard InChI is InChI=1S/C12H24N2O3S/c1-5-14(8-9(2)11(15)16)12(17)13-7-6-10(3)18-4/h9-10H,5-8H2,1-4H3,(H,13,17)(H,15,16). The number of carbonyl (C=O) groups excluding carboxylic acids is 1. The van der Waals surface area contributed by atoms with Crippen LogP contribution in [0.1, 0.15) is 27.2 Å². The smallest absolute Gasteiger partial charge is 0.317 e. The van der Waals surface area contributed by atoms with Gasteiger partial charge in [-0.05, 0) is 19.6 Å². The van der Waals surface area contributed by atoms with Gasteiger partial charge in [0.1, 0.15) is 0 Å². The van der Waals surface area contributed by atoms with Crippen LogP contribution in [-0.4, -0.2) is 53.1 Å². The van der Waals surface area contributed by atoms with Crippen LogP contribution in [0, 0.1) is 5.92 Å². The minimum atomic E-state index is -0.878. The Morgan fingerprint density at radius 1 is 1.39 bits per heavy atom. The molecule has 2 N–H and O–H groups in total. The van der Waals surface area contributed by atoms with Gasteiger partial charge in [0, 0.05) is 24.9 Å². The van der Waals surface area contributed by atoms with Gasteiger partial charge in [-0.25, -0.2) is 4.79 Å². The van der Waals surface area contributed by atoms with Gasteiger partial charge in [-0.2, -0.15) is 11.8 Å². The molecule has 0 aliphatic carbocycles. The van der Waals surface area contributed by atoms with Crippen molar-refractivity contribution in [1.82, 2.24) is 10.2 Å². The number of amides is 2. The van der Waals surface area contributed by atoms with E-state index >= 15 is 0 Å². The molecule has 0 saturated heterocycles. The molecule has 0 heterocycles. The minimum absolute atomic E-state index is 0.182. The number of nitrogens with zero attached hydrogens (tertiary/aromatic N) is 1. The van der Waals surface area contributed by atoms with Crippen LogP contribution in [0.5, 0.6) is 0 Å². The lowest BCUT2D eigenvalue weighted by Gasteiger charge is -2.23. The summed E-state index contributed by atoms with van der Waals surface area (Å²) in [5.41, 5.74) is 0. The number of rotatable bonds is 8. The SMILES string of the molecule is CCN(CC(C)C(=O)O)C(=O)NCCC(C)SC. The molecular weight excluding hydrogens is 252 g/mol. The van der Waals surface area contributed by atoms with Crippen molar-refractivity contribution in [2.24, 2.45) is 5.92 Å². The molecule has 18 heavy (non-hydrogen) atoms. The van der Waals surface area contributed by atoms with E-state index in [1.54, 1.807) is 18.7 Å². The van der Waals surface area contributed by atoms with Gasteiger partial charge in [-0.3, -0.25) is 4.79 Å². The first-order chi connectivity index (χ1) is 8.42. The van der Waals surface area contributed by atoms with Crippen LogP contribution in [0.3, 0.4) is 0 Å². The van der Waals surface area contributed by atoms with Crippen molar-refractivity contribution in [2.75, 3.05) is 25.9 Å². The third-order valence-corrected chi connectivity index (χ3v) is 3.85. The number of nitrogens with one attached hydrogen (secondary N) is 1. The van der Waals surface area contributed by atoms with Crippen molar-refractivity contribution in [3.8, 4) is 0 Å². The van der Waals surface area contributed by atoms with Crippen molar-refractivity contribution in [2.45, 2.75) is 32.4 Å². The Labute approximate surface area is 113 Å². The summed E-state index contributed by atoms with van der Waals surface area (Å²) in [5.74, 6) is -1.42. The second-order valence-corrected chi connectivity index (χ2v) is 5.62. The average Bonchev–Trinajstić information content (AvgIpc) is 2.34. The summed E-state index contributed by atoms with van der Waals surface area (Å²) in [7, 11) is 0. The molecule has 5 nitrogen and oxygen atoms in total. The number of hydrogen-bond donors (Lipinski definition) is 2. The molecule has 0 fully saturated rings. The molecule has 0 saturated carbocycles. The molecule has 2 atom stereocenters. The fourth-order valence-electron chi connectivity index (χ4n) is 1.38. The van der Waals surface area contributed by atoms with Crippen molar-refractivity contribution in [3.63, 3.8) is 0 Å². The van der Waals surface area contributed by atoms with Gasteiger partial charge in [-0.15, -0.1) is 0 Å². The number of urea groups is 1. The van der Waals surface area contributed by atoms with Crippen molar-refractivity contribution < 1.29 is 14.7 Å². The summed E-state index contributed by atoms with van der Waals surface area (Å²) in [6, 6.07) is -0.182. The predicted molar refractivity (Wildman–Crippen MR) is 75.0 cm³/mol. The number of aliphatic carboxylic acids is 1. The Kier molecular flexibility index (Phi) is 8.62. The topological polar surface area (TPSA) is 69.6 Å². The van der Waals surface area contributed by atoms with E-state index in [1.807, 2.05) is 13.2 Å². The second-order valence-electron chi connectivity index (χ2n) is 4.34.